The number of carbonyl (C=O) groups excluding carboxylic acids is 1. The van der Waals surface area contributed by atoms with Gasteiger partial charge in [0, 0.05) is 18.8 Å². The molecule has 2 amide bonds. The zero-order chi connectivity index (χ0) is 14.8. The van der Waals surface area contributed by atoms with E-state index in [0.29, 0.717) is 0 Å². The Morgan fingerprint density at radius 3 is 2.26 bits per heavy atom. The minimum Gasteiger partial charge on any atom is -0.480 e. The summed E-state index contributed by atoms with van der Waals surface area (Å²) in [6.45, 7) is 2.62. The molecule has 0 aromatic heterocycles. The normalized spacial score (nSPS) is 15.9. The second-order valence-electron chi connectivity index (χ2n) is 5.44. The van der Waals surface area contributed by atoms with Gasteiger partial charge >= 0.3 is 12.0 Å². The summed E-state index contributed by atoms with van der Waals surface area (Å²) in [5.74, 6) is -1.08. The second-order valence-corrected chi connectivity index (χ2v) is 8.09. The monoisotopic (exact) mass is 292 g/mol. The summed E-state index contributed by atoms with van der Waals surface area (Å²) in [6.07, 6.45) is 2.68. The first-order valence-corrected chi connectivity index (χ1v) is 7.89. The number of aliphatic carboxylic acids is 1. The summed E-state index contributed by atoms with van der Waals surface area (Å²) in [4.78, 5) is 23.8. The molecular weight excluding hydrogens is 272 g/mol. The third-order valence-electron chi connectivity index (χ3n) is 3.22. The van der Waals surface area contributed by atoms with Crippen molar-refractivity contribution in [2.24, 2.45) is 0 Å². The Hall–Kier alpha value is -1.31. The van der Waals surface area contributed by atoms with Crippen LogP contribution >= 0.6 is 0 Å². The van der Waals surface area contributed by atoms with E-state index < -0.39 is 26.6 Å². The van der Waals surface area contributed by atoms with Crippen LogP contribution in [0.1, 0.15) is 26.7 Å². The van der Waals surface area contributed by atoms with Crippen molar-refractivity contribution in [3.8, 4) is 0 Å². The van der Waals surface area contributed by atoms with E-state index in [2.05, 4.69) is 5.32 Å². The molecule has 0 heterocycles. The molecule has 1 fully saturated rings. The molecule has 19 heavy (non-hydrogen) atoms. The van der Waals surface area contributed by atoms with Crippen molar-refractivity contribution < 1.29 is 23.1 Å². The maximum absolute atomic E-state index is 11.9. The number of nitrogens with one attached hydrogen (secondary N) is 1. The van der Waals surface area contributed by atoms with E-state index in [9.17, 15) is 18.0 Å². The number of nitrogens with zero attached hydrogens (tertiary/aromatic N) is 1. The van der Waals surface area contributed by atoms with Crippen molar-refractivity contribution in [3.63, 3.8) is 0 Å². The predicted octanol–water partition coefficient (Wildman–Crippen LogP) is 0.0682. The number of carboxylic acids is 1. The van der Waals surface area contributed by atoms with Crippen LogP contribution in [0, 0.1) is 0 Å². The highest BCUT2D eigenvalue weighted by Crippen LogP contribution is 2.26. The van der Waals surface area contributed by atoms with Gasteiger partial charge in [0.2, 0.25) is 0 Å². The lowest BCUT2D eigenvalue weighted by atomic mass is 10.2. The SMILES string of the molecule is CC(C)(CNC(=O)N(CC(=O)O)C1CC1)S(C)(=O)=O. The maximum Gasteiger partial charge on any atom is 0.323 e. The Kier molecular flexibility index (Phi) is 4.44. The van der Waals surface area contributed by atoms with E-state index >= 15 is 0 Å². The smallest absolute Gasteiger partial charge is 0.323 e. The first kappa shape index (κ1) is 15.7. The minimum absolute atomic E-state index is 0.0440. The molecule has 7 nitrogen and oxygen atoms in total. The van der Waals surface area contributed by atoms with Gasteiger partial charge in [0.15, 0.2) is 9.84 Å². The Bertz CT molecular complexity index is 467. The second kappa shape index (κ2) is 5.36. The molecule has 0 spiro atoms. The number of sulfone groups is 1. The molecule has 8 heteroatoms. The molecule has 0 saturated heterocycles. The first-order valence-electron chi connectivity index (χ1n) is 6.00. The molecule has 1 aliphatic rings. The molecule has 1 rings (SSSR count). The number of carbonyl (C=O) groups is 2. The van der Waals surface area contributed by atoms with Crippen molar-refractivity contribution in [2.45, 2.75) is 37.5 Å². The lowest BCUT2D eigenvalue weighted by Gasteiger charge is -2.26. The quantitative estimate of drug-likeness (QED) is 0.721. The highest BCUT2D eigenvalue weighted by atomic mass is 32.2. The third kappa shape index (κ3) is 4.38. The van der Waals surface area contributed by atoms with Gasteiger partial charge in [0.05, 0.1) is 4.75 Å². The lowest BCUT2D eigenvalue weighted by molar-refractivity contribution is -0.137. The Balaban J connectivity index is 2.60. The van der Waals surface area contributed by atoms with Gasteiger partial charge in [-0.1, -0.05) is 0 Å². The number of hydrogen-bond donors (Lipinski definition) is 2. The predicted molar refractivity (Wildman–Crippen MR) is 69.7 cm³/mol. The third-order valence-corrected chi connectivity index (χ3v) is 5.38. The van der Waals surface area contributed by atoms with Crippen LogP contribution in [0.25, 0.3) is 0 Å². The Labute approximate surface area is 112 Å². The van der Waals surface area contributed by atoms with E-state index in [1.165, 1.54) is 18.7 Å². The molecule has 0 aromatic rings. The average molecular weight is 292 g/mol. The van der Waals surface area contributed by atoms with Crippen molar-refractivity contribution in [1.29, 1.82) is 0 Å². The van der Waals surface area contributed by atoms with Crippen molar-refractivity contribution in [1.82, 2.24) is 10.2 Å². The van der Waals surface area contributed by atoms with Crippen LogP contribution in [0.2, 0.25) is 0 Å². The maximum atomic E-state index is 11.9. The van der Waals surface area contributed by atoms with E-state index in [-0.39, 0.29) is 19.1 Å². The fourth-order valence-corrected chi connectivity index (χ4v) is 1.75. The molecule has 0 radical (unpaired) electrons. The van der Waals surface area contributed by atoms with Crippen LogP contribution in [0.4, 0.5) is 4.79 Å². The summed E-state index contributed by atoms with van der Waals surface area (Å²) < 4.78 is 21.9. The van der Waals surface area contributed by atoms with Crippen LogP contribution < -0.4 is 5.32 Å². The van der Waals surface area contributed by atoms with Crippen LogP contribution in [0.3, 0.4) is 0 Å². The highest BCUT2D eigenvalue weighted by molar-refractivity contribution is 7.92. The molecule has 110 valence electrons. The molecule has 0 atom stereocenters. The molecule has 0 unspecified atom stereocenters. The van der Waals surface area contributed by atoms with E-state index in [0.717, 1.165) is 19.1 Å². The van der Waals surface area contributed by atoms with Gasteiger partial charge in [0.25, 0.3) is 0 Å². The zero-order valence-electron chi connectivity index (χ0n) is 11.3. The van der Waals surface area contributed by atoms with Gasteiger partial charge in [-0.3, -0.25) is 4.79 Å². The number of hydrogen-bond acceptors (Lipinski definition) is 4. The minimum atomic E-state index is -3.30. The van der Waals surface area contributed by atoms with Crippen molar-refractivity contribution >= 4 is 21.8 Å². The number of urea groups is 1. The van der Waals surface area contributed by atoms with Gasteiger partial charge in [0.1, 0.15) is 6.54 Å². The lowest BCUT2D eigenvalue weighted by Crippen LogP contribution is -2.50. The van der Waals surface area contributed by atoms with Crippen LogP contribution in [0.15, 0.2) is 0 Å². The van der Waals surface area contributed by atoms with Gasteiger partial charge in [-0.2, -0.15) is 0 Å². The van der Waals surface area contributed by atoms with Gasteiger partial charge in [-0.25, -0.2) is 13.2 Å². The number of rotatable bonds is 6. The summed E-state index contributed by atoms with van der Waals surface area (Å²) in [5.41, 5.74) is 0. The summed E-state index contributed by atoms with van der Waals surface area (Å²) in [7, 11) is -3.30. The Morgan fingerprint density at radius 1 is 1.37 bits per heavy atom. The molecule has 0 bridgehead atoms. The molecule has 0 aliphatic heterocycles. The van der Waals surface area contributed by atoms with Crippen LogP contribution in [-0.4, -0.2) is 60.6 Å². The zero-order valence-corrected chi connectivity index (χ0v) is 12.2. The molecule has 1 aliphatic carbocycles. The largest absolute Gasteiger partial charge is 0.480 e. The van der Waals surface area contributed by atoms with E-state index in [4.69, 9.17) is 5.11 Å². The van der Waals surface area contributed by atoms with Gasteiger partial charge in [-0.05, 0) is 26.7 Å². The van der Waals surface area contributed by atoms with Gasteiger partial charge < -0.3 is 15.3 Å². The summed E-state index contributed by atoms with van der Waals surface area (Å²) in [6, 6.07) is -0.570. The average Bonchev–Trinajstić information content (AvgIpc) is 3.04. The topological polar surface area (TPSA) is 104 Å². The fourth-order valence-electron chi connectivity index (χ4n) is 1.42. The van der Waals surface area contributed by atoms with Crippen molar-refractivity contribution in [2.75, 3.05) is 19.3 Å². The summed E-state index contributed by atoms with van der Waals surface area (Å²) in [5, 5.41) is 11.3. The van der Waals surface area contributed by atoms with Crippen molar-refractivity contribution in [3.05, 3.63) is 0 Å². The molecular formula is C11H20N2O5S. The van der Waals surface area contributed by atoms with E-state index in [1.807, 2.05) is 0 Å². The fraction of sp³-hybridized carbons (Fsp3) is 0.818. The summed E-state index contributed by atoms with van der Waals surface area (Å²) >= 11 is 0. The highest BCUT2D eigenvalue weighted by Gasteiger charge is 2.36. The van der Waals surface area contributed by atoms with E-state index in [1.54, 1.807) is 0 Å². The standard InChI is InChI=1S/C11H20N2O5S/c1-11(2,19(3,17)18)7-12-10(16)13(6-9(14)15)8-4-5-8/h8H,4-7H2,1-3H3,(H,12,16)(H,14,15). The van der Waals surface area contributed by atoms with Crippen LogP contribution in [-0.2, 0) is 14.6 Å². The first-order chi connectivity index (χ1) is 8.54. The van der Waals surface area contributed by atoms with Crippen LogP contribution in [0.5, 0.6) is 0 Å². The molecule has 0 aromatic carbocycles. The van der Waals surface area contributed by atoms with Gasteiger partial charge in [-0.15, -0.1) is 0 Å². The number of carboxylic acid groups (broad SMARTS) is 1. The molecule has 1 saturated carbocycles. The molecule has 2 N–H and O–H groups in total. The number of amides is 2. The Morgan fingerprint density at radius 2 is 1.89 bits per heavy atom.